The van der Waals surface area contributed by atoms with E-state index in [2.05, 4.69) is 4.98 Å². The molecule has 7 heteroatoms. The van der Waals surface area contributed by atoms with Gasteiger partial charge in [-0.2, -0.15) is 0 Å². The minimum atomic E-state index is -2.81. The number of nitrogens with two attached hydrogens (primary N) is 1. The highest BCUT2D eigenvalue weighted by molar-refractivity contribution is 5.70. The molecule has 0 aromatic carbocycles. The quantitative estimate of drug-likeness (QED) is 0.812. The van der Waals surface area contributed by atoms with Gasteiger partial charge in [-0.1, -0.05) is 0 Å². The van der Waals surface area contributed by atoms with Crippen molar-refractivity contribution in [3.05, 3.63) is 23.0 Å². The van der Waals surface area contributed by atoms with Crippen LogP contribution in [0.1, 0.15) is 23.4 Å². The summed E-state index contributed by atoms with van der Waals surface area (Å²) in [4.78, 5) is 14.4. The van der Waals surface area contributed by atoms with Crippen molar-refractivity contribution < 1.29 is 23.4 Å². The molecule has 0 fully saturated rings. The summed E-state index contributed by atoms with van der Waals surface area (Å²) in [6.07, 6.45) is -3.38. The third-order valence-electron chi connectivity index (χ3n) is 2.14. The van der Waals surface area contributed by atoms with Gasteiger partial charge in [0.05, 0.1) is 24.9 Å². The van der Waals surface area contributed by atoms with Crippen LogP contribution < -0.4 is 10.5 Å². The molecule has 3 N–H and O–H groups in total. The van der Waals surface area contributed by atoms with Gasteiger partial charge in [0.15, 0.2) is 0 Å². The molecule has 0 amide bonds. The van der Waals surface area contributed by atoms with E-state index in [0.29, 0.717) is 0 Å². The molecule has 0 aliphatic carbocycles. The molecule has 0 aliphatic rings. The van der Waals surface area contributed by atoms with E-state index in [1.165, 1.54) is 7.11 Å². The molecule has 1 rings (SSSR count). The van der Waals surface area contributed by atoms with E-state index in [1.807, 2.05) is 0 Å². The predicted octanol–water partition coefficient (Wildman–Crippen LogP) is 1.11. The van der Waals surface area contributed by atoms with Crippen molar-refractivity contribution >= 4 is 5.97 Å². The van der Waals surface area contributed by atoms with Gasteiger partial charge in [0.1, 0.15) is 5.75 Å². The summed E-state index contributed by atoms with van der Waals surface area (Å²) in [7, 11) is 1.31. The normalized spacial score (nSPS) is 10.6. The Kier molecular flexibility index (Phi) is 4.33. The smallest absolute Gasteiger partial charge is 0.309 e. The minimum Gasteiger partial charge on any atom is -0.495 e. The van der Waals surface area contributed by atoms with Crippen LogP contribution in [0.15, 0.2) is 6.07 Å². The molecule has 17 heavy (non-hydrogen) atoms. The molecule has 0 unspecified atom stereocenters. The van der Waals surface area contributed by atoms with Gasteiger partial charge in [-0.15, -0.1) is 0 Å². The number of aliphatic carboxylic acids is 1. The molecule has 0 bridgehead atoms. The van der Waals surface area contributed by atoms with E-state index in [4.69, 9.17) is 15.6 Å². The first-order valence-corrected chi connectivity index (χ1v) is 4.76. The lowest BCUT2D eigenvalue weighted by Gasteiger charge is -2.12. The number of hydrogen-bond acceptors (Lipinski definition) is 4. The Balaban J connectivity index is 3.29. The maximum Gasteiger partial charge on any atom is 0.309 e. The first kappa shape index (κ1) is 13.3. The van der Waals surface area contributed by atoms with Gasteiger partial charge >= 0.3 is 5.97 Å². The Morgan fingerprint density at radius 1 is 1.59 bits per heavy atom. The average molecular weight is 246 g/mol. The first-order chi connectivity index (χ1) is 7.99. The van der Waals surface area contributed by atoms with Gasteiger partial charge in [-0.25, -0.2) is 8.78 Å². The van der Waals surface area contributed by atoms with Gasteiger partial charge in [0.25, 0.3) is 6.43 Å². The van der Waals surface area contributed by atoms with Gasteiger partial charge < -0.3 is 15.6 Å². The number of methoxy groups -OCH3 is 1. The summed E-state index contributed by atoms with van der Waals surface area (Å²) in [5.41, 5.74) is 5.00. The van der Waals surface area contributed by atoms with Gasteiger partial charge in [-0.05, 0) is 6.07 Å². The minimum absolute atomic E-state index is 0.0146. The number of rotatable bonds is 5. The fourth-order valence-corrected chi connectivity index (χ4v) is 1.39. The number of hydrogen-bond donors (Lipinski definition) is 2. The molecule has 0 saturated heterocycles. The Morgan fingerprint density at radius 3 is 2.65 bits per heavy atom. The summed E-state index contributed by atoms with van der Waals surface area (Å²) >= 11 is 0. The van der Waals surface area contributed by atoms with Crippen molar-refractivity contribution in [2.45, 2.75) is 19.4 Å². The topological polar surface area (TPSA) is 85.4 Å². The van der Waals surface area contributed by atoms with Gasteiger partial charge in [-0.3, -0.25) is 9.78 Å². The maximum atomic E-state index is 12.7. The molecule has 1 heterocycles. The third kappa shape index (κ3) is 3.10. The molecule has 0 atom stereocenters. The number of nitrogens with zero attached hydrogens (tertiary/aromatic N) is 1. The van der Waals surface area contributed by atoms with Crippen LogP contribution in [0.2, 0.25) is 0 Å². The largest absolute Gasteiger partial charge is 0.495 e. The zero-order chi connectivity index (χ0) is 13.0. The summed E-state index contributed by atoms with van der Waals surface area (Å²) < 4.78 is 30.3. The lowest BCUT2D eigenvalue weighted by Crippen LogP contribution is -2.11. The average Bonchev–Trinajstić information content (AvgIpc) is 2.27. The SMILES string of the molecule is COc1cc(C(F)F)c(CC(=O)O)nc1CN. The Bertz CT molecular complexity index is 424. The van der Waals surface area contributed by atoms with E-state index in [0.717, 1.165) is 6.07 Å². The molecule has 0 radical (unpaired) electrons. The Labute approximate surface area is 96.2 Å². The summed E-state index contributed by atoms with van der Waals surface area (Å²) in [5, 5.41) is 8.62. The molecular formula is C10H12F2N2O3. The molecule has 94 valence electrons. The van der Waals surface area contributed by atoms with E-state index >= 15 is 0 Å². The number of carboxylic acids is 1. The van der Waals surface area contributed by atoms with E-state index in [1.54, 1.807) is 0 Å². The number of ether oxygens (including phenoxy) is 1. The number of aromatic nitrogens is 1. The summed E-state index contributed by atoms with van der Waals surface area (Å²) in [6, 6.07) is 1.08. The highest BCUT2D eigenvalue weighted by Gasteiger charge is 2.20. The predicted molar refractivity (Wildman–Crippen MR) is 55.0 cm³/mol. The van der Waals surface area contributed by atoms with Crippen LogP contribution >= 0.6 is 0 Å². The highest BCUT2D eigenvalue weighted by Crippen LogP contribution is 2.28. The van der Waals surface area contributed by atoms with Crippen molar-refractivity contribution in [1.82, 2.24) is 4.98 Å². The van der Waals surface area contributed by atoms with E-state index in [-0.39, 0.29) is 23.7 Å². The molecule has 0 aliphatic heterocycles. The molecular weight excluding hydrogens is 234 g/mol. The monoisotopic (exact) mass is 246 g/mol. The fourth-order valence-electron chi connectivity index (χ4n) is 1.39. The molecule has 1 aromatic rings. The molecule has 5 nitrogen and oxygen atoms in total. The number of alkyl halides is 2. The number of carboxylic acid groups (broad SMARTS) is 1. The van der Waals surface area contributed by atoms with Crippen molar-refractivity contribution in [2.24, 2.45) is 5.73 Å². The number of carbonyl (C=O) groups is 1. The Morgan fingerprint density at radius 2 is 2.24 bits per heavy atom. The molecule has 0 spiro atoms. The number of halogens is 2. The second-order valence-corrected chi connectivity index (χ2v) is 3.25. The van der Waals surface area contributed by atoms with E-state index < -0.39 is 24.4 Å². The lowest BCUT2D eigenvalue weighted by molar-refractivity contribution is -0.136. The van der Waals surface area contributed by atoms with Crippen LogP contribution in [0.3, 0.4) is 0 Å². The number of pyridine rings is 1. The molecule has 1 aromatic heterocycles. The zero-order valence-corrected chi connectivity index (χ0v) is 9.11. The van der Waals surface area contributed by atoms with Crippen LogP contribution in [0.25, 0.3) is 0 Å². The third-order valence-corrected chi connectivity index (χ3v) is 2.14. The van der Waals surface area contributed by atoms with Gasteiger partial charge in [0, 0.05) is 12.1 Å². The second-order valence-electron chi connectivity index (χ2n) is 3.25. The van der Waals surface area contributed by atoms with Crippen LogP contribution in [0.5, 0.6) is 5.75 Å². The first-order valence-electron chi connectivity index (χ1n) is 4.76. The Hall–Kier alpha value is -1.76. The van der Waals surface area contributed by atoms with Crippen LogP contribution in [-0.2, 0) is 17.8 Å². The van der Waals surface area contributed by atoms with Crippen LogP contribution in [0.4, 0.5) is 8.78 Å². The maximum absolute atomic E-state index is 12.7. The van der Waals surface area contributed by atoms with Gasteiger partial charge in [0.2, 0.25) is 0 Å². The van der Waals surface area contributed by atoms with Crippen molar-refractivity contribution in [1.29, 1.82) is 0 Å². The fraction of sp³-hybridized carbons (Fsp3) is 0.400. The van der Waals surface area contributed by atoms with Crippen molar-refractivity contribution in [2.75, 3.05) is 7.11 Å². The van der Waals surface area contributed by atoms with Crippen LogP contribution in [-0.4, -0.2) is 23.2 Å². The van der Waals surface area contributed by atoms with Crippen molar-refractivity contribution in [3.8, 4) is 5.75 Å². The second kappa shape index (κ2) is 5.53. The van der Waals surface area contributed by atoms with Crippen LogP contribution in [0, 0.1) is 0 Å². The summed E-state index contributed by atoms with van der Waals surface area (Å²) in [5.74, 6) is -1.09. The van der Waals surface area contributed by atoms with Crippen molar-refractivity contribution in [3.63, 3.8) is 0 Å². The summed E-state index contributed by atoms with van der Waals surface area (Å²) in [6.45, 7) is -0.0146. The van der Waals surface area contributed by atoms with E-state index in [9.17, 15) is 13.6 Å². The zero-order valence-electron chi connectivity index (χ0n) is 9.11. The molecule has 0 saturated carbocycles. The standard InChI is InChI=1S/C10H12F2N2O3/c1-17-8-2-5(10(11)12)6(3-9(15)16)14-7(8)4-13/h2,10H,3-4,13H2,1H3,(H,15,16). The lowest BCUT2D eigenvalue weighted by atomic mass is 10.1. The highest BCUT2D eigenvalue weighted by atomic mass is 19.3.